The van der Waals surface area contributed by atoms with Crippen LogP contribution in [0.5, 0.6) is 5.75 Å². The average molecular weight is 349 g/mol. The number of carbonyl (C=O) groups excluding carboxylic acids is 2. The van der Waals surface area contributed by atoms with E-state index in [1.54, 1.807) is 16.9 Å². The summed E-state index contributed by atoms with van der Waals surface area (Å²) in [4.78, 5) is 24.0. The number of halogens is 1. The van der Waals surface area contributed by atoms with E-state index in [0.717, 1.165) is 5.56 Å². The van der Waals surface area contributed by atoms with Crippen LogP contribution in [0.1, 0.15) is 12.0 Å². The number of hydrogen-bond donors (Lipinski definition) is 2. The van der Waals surface area contributed by atoms with Gasteiger partial charge in [0.15, 0.2) is 6.10 Å². The first-order valence-electron chi connectivity index (χ1n) is 7.54. The standard InChI is InChI=1S/C16H17ClN4O3/c1-10-2-3-13-12(6-10)20-16(23)14(24-13)7-15(22)18-4-5-21-9-11(17)8-19-21/h2-3,6,8-9,14H,4-5,7H2,1H3,(H,18,22)(H,20,23). The molecule has 126 valence electrons. The summed E-state index contributed by atoms with van der Waals surface area (Å²) in [7, 11) is 0. The van der Waals surface area contributed by atoms with Gasteiger partial charge < -0.3 is 15.4 Å². The number of nitrogens with one attached hydrogen (secondary N) is 2. The minimum absolute atomic E-state index is 0.0426. The van der Waals surface area contributed by atoms with Gasteiger partial charge in [-0.15, -0.1) is 0 Å². The highest BCUT2D eigenvalue weighted by Crippen LogP contribution is 2.30. The van der Waals surface area contributed by atoms with E-state index in [0.29, 0.717) is 29.5 Å². The van der Waals surface area contributed by atoms with E-state index in [1.807, 2.05) is 19.1 Å². The lowest BCUT2D eigenvalue weighted by Gasteiger charge is -2.25. The monoisotopic (exact) mass is 348 g/mol. The second-order valence-electron chi connectivity index (χ2n) is 5.57. The number of aryl methyl sites for hydroxylation is 1. The summed E-state index contributed by atoms with van der Waals surface area (Å²) in [5, 5.41) is 10.1. The van der Waals surface area contributed by atoms with E-state index in [2.05, 4.69) is 15.7 Å². The van der Waals surface area contributed by atoms with Gasteiger partial charge >= 0.3 is 0 Å². The number of aromatic nitrogens is 2. The molecule has 0 saturated heterocycles. The molecule has 1 unspecified atom stereocenters. The molecule has 1 aromatic heterocycles. The van der Waals surface area contributed by atoms with Crippen LogP contribution in [0.4, 0.5) is 5.69 Å². The van der Waals surface area contributed by atoms with Crippen LogP contribution in [-0.4, -0.2) is 34.2 Å². The van der Waals surface area contributed by atoms with Crippen LogP contribution in [-0.2, 0) is 16.1 Å². The lowest BCUT2D eigenvalue weighted by molar-refractivity contribution is -0.130. The van der Waals surface area contributed by atoms with E-state index in [9.17, 15) is 9.59 Å². The minimum atomic E-state index is -0.834. The fourth-order valence-electron chi connectivity index (χ4n) is 2.41. The van der Waals surface area contributed by atoms with Crippen molar-refractivity contribution in [3.8, 4) is 5.75 Å². The highest BCUT2D eigenvalue weighted by atomic mass is 35.5. The summed E-state index contributed by atoms with van der Waals surface area (Å²) in [6, 6.07) is 5.51. The Morgan fingerprint density at radius 3 is 3.08 bits per heavy atom. The Hall–Kier alpha value is -2.54. The van der Waals surface area contributed by atoms with Crippen LogP contribution in [0.15, 0.2) is 30.6 Å². The molecule has 1 aliphatic heterocycles. The topological polar surface area (TPSA) is 85.3 Å². The number of anilines is 1. The lowest BCUT2D eigenvalue weighted by Crippen LogP contribution is -2.41. The number of carbonyl (C=O) groups is 2. The maximum Gasteiger partial charge on any atom is 0.266 e. The van der Waals surface area contributed by atoms with Gasteiger partial charge in [0.05, 0.1) is 29.9 Å². The van der Waals surface area contributed by atoms with Crippen LogP contribution in [0, 0.1) is 6.92 Å². The Balaban J connectivity index is 1.51. The lowest BCUT2D eigenvalue weighted by atomic mass is 10.1. The van der Waals surface area contributed by atoms with Gasteiger partial charge in [-0.1, -0.05) is 17.7 Å². The SMILES string of the molecule is Cc1ccc2c(c1)NC(=O)C(CC(=O)NCCn1cc(Cl)cn1)O2. The smallest absolute Gasteiger partial charge is 0.266 e. The Morgan fingerprint density at radius 2 is 2.33 bits per heavy atom. The number of hydrogen-bond acceptors (Lipinski definition) is 4. The van der Waals surface area contributed by atoms with Crippen molar-refractivity contribution in [1.82, 2.24) is 15.1 Å². The summed E-state index contributed by atoms with van der Waals surface area (Å²) < 4.78 is 7.26. The molecule has 0 bridgehead atoms. The molecule has 2 aromatic rings. The number of nitrogens with zero attached hydrogens (tertiary/aromatic N) is 2. The first kappa shape index (κ1) is 16.3. The second-order valence-corrected chi connectivity index (χ2v) is 6.01. The third-order valence-corrected chi connectivity index (χ3v) is 3.79. The molecule has 24 heavy (non-hydrogen) atoms. The van der Waals surface area contributed by atoms with E-state index in [-0.39, 0.29) is 18.2 Å². The highest BCUT2D eigenvalue weighted by molar-refractivity contribution is 6.30. The van der Waals surface area contributed by atoms with Gasteiger partial charge in [-0.3, -0.25) is 14.3 Å². The Kier molecular flexibility index (Phi) is 4.71. The van der Waals surface area contributed by atoms with Crippen molar-refractivity contribution in [2.45, 2.75) is 26.0 Å². The van der Waals surface area contributed by atoms with Gasteiger partial charge in [-0.2, -0.15) is 5.10 Å². The zero-order valence-corrected chi connectivity index (χ0v) is 13.8. The van der Waals surface area contributed by atoms with E-state index < -0.39 is 6.10 Å². The van der Waals surface area contributed by atoms with Crippen molar-refractivity contribution in [3.63, 3.8) is 0 Å². The first-order valence-corrected chi connectivity index (χ1v) is 7.92. The van der Waals surface area contributed by atoms with Crippen molar-refractivity contribution >= 4 is 29.1 Å². The molecule has 8 heteroatoms. The molecule has 2 N–H and O–H groups in total. The van der Waals surface area contributed by atoms with Crippen molar-refractivity contribution < 1.29 is 14.3 Å². The van der Waals surface area contributed by atoms with Gasteiger partial charge in [-0.25, -0.2) is 0 Å². The van der Waals surface area contributed by atoms with Gasteiger partial charge in [0, 0.05) is 12.7 Å². The van der Waals surface area contributed by atoms with Gasteiger partial charge in [-0.05, 0) is 24.6 Å². The summed E-state index contributed by atoms with van der Waals surface area (Å²) in [6.45, 7) is 2.82. The molecule has 1 aromatic carbocycles. The summed E-state index contributed by atoms with van der Waals surface area (Å²) >= 11 is 5.77. The van der Waals surface area contributed by atoms with Crippen molar-refractivity contribution in [2.24, 2.45) is 0 Å². The minimum Gasteiger partial charge on any atom is -0.478 e. The molecule has 0 aliphatic carbocycles. The molecule has 1 atom stereocenters. The number of rotatable bonds is 5. The van der Waals surface area contributed by atoms with Gasteiger partial charge in [0.2, 0.25) is 5.91 Å². The number of fused-ring (bicyclic) bond motifs is 1. The summed E-state index contributed by atoms with van der Waals surface area (Å²) in [5.41, 5.74) is 1.65. The van der Waals surface area contributed by atoms with E-state index >= 15 is 0 Å². The predicted octanol–water partition coefficient (Wildman–Crippen LogP) is 1.75. The molecule has 1 aliphatic rings. The van der Waals surface area contributed by atoms with Crippen LogP contribution >= 0.6 is 11.6 Å². The zero-order valence-electron chi connectivity index (χ0n) is 13.1. The molecule has 2 amide bonds. The van der Waals surface area contributed by atoms with Gasteiger partial charge in [0.25, 0.3) is 5.91 Å². The Bertz CT molecular complexity index is 774. The van der Waals surface area contributed by atoms with Gasteiger partial charge in [0.1, 0.15) is 5.75 Å². The normalized spacial score (nSPS) is 16.1. The fraction of sp³-hybridized carbons (Fsp3) is 0.312. The highest BCUT2D eigenvalue weighted by Gasteiger charge is 2.29. The van der Waals surface area contributed by atoms with Crippen molar-refractivity contribution in [3.05, 3.63) is 41.2 Å². The molecule has 0 spiro atoms. The Labute approximate surface area is 143 Å². The van der Waals surface area contributed by atoms with Crippen LogP contribution in [0.2, 0.25) is 5.02 Å². The molecule has 0 radical (unpaired) electrons. The Morgan fingerprint density at radius 1 is 1.50 bits per heavy atom. The van der Waals surface area contributed by atoms with Crippen LogP contribution < -0.4 is 15.4 Å². The zero-order chi connectivity index (χ0) is 17.1. The quantitative estimate of drug-likeness (QED) is 0.862. The third-order valence-electron chi connectivity index (χ3n) is 3.59. The second kappa shape index (κ2) is 6.92. The molecular weight excluding hydrogens is 332 g/mol. The average Bonchev–Trinajstić information content (AvgIpc) is 2.94. The largest absolute Gasteiger partial charge is 0.478 e. The molecule has 3 rings (SSSR count). The molecule has 0 saturated carbocycles. The number of amides is 2. The number of ether oxygens (including phenoxy) is 1. The summed E-state index contributed by atoms with van der Waals surface area (Å²) in [5.74, 6) is -0.00439. The van der Waals surface area contributed by atoms with Crippen molar-refractivity contribution in [2.75, 3.05) is 11.9 Å². The van der Waals surface area contributed by atoms with Crippen LogP contribution in [0.3, 0.4) is 0 Å². The molecule has 2 heterocycles. The molecule has 0 fully saturated rings. The first-order chi connectivity index (χ1) is 11.5. The predicted molar refractivity (Wildman–Crippen MR) is 89.1 cm³/mol. The third kappa shape index (κ3) is 3.86. The fourth-order valence-corrected chi connectivity index (χ4v) is 2.57. The van der Waals surface area contributed by atoms with Crippen molar-refractivity contribution in [1.29, 1.82) is 0 Å². The summed E-state index contributed by atoms with van der Waals surface area (Å²) in [6.07, 6.45) is 2.32. The number of benzene rings is 1. The van der Waals surface area contributed by atoms with E-state index in [1.165, 1.54) is 6.20 Å². The molecular formula is C16H17ClN4O3. The maximum atomic E-state index is 12.1. The molecule has 7 nitrogen and oxygen atoms in total. The maximum absolute atomic E-state index is 12.1. The van der Waals surface area contributed by atoms with E-state index in [4.69, 9.17) is 16.3 Å². The van der Waals surface area contributed by atoms with Crippen LogP contribution in [0.25, 0.3) is 0 Å².